The fourth-order valence-electron chi connectivity index (χ4n) is 1.92. The molecule has 90 valence electrons. The van der Waals surface area contributed by atoms with Crippen LogP contribution in [0.4, 0.5) is 0 Å². The van der Waals surface area contributed by atoms with Gasteiger partial charge >= 0.3 is 0 Å². The maximum atomic E-state index is 6.00. The van der Waals surface area contributed by atoms with Crippen molar-refractivity contribution in [1.82, 2.24) is 10.1 Å². The van der Waals surface area contributed by atoms with Gasteiger partial charge in [-0.25, -0.2) is 0 Å². The lowest BCUT2D eigenvalue weighted by Gasteiger charge is -2.08. The monoisotopic (exact) mass is 241 g/mol. The predicted molar refractivity (Wildman–Crippen MR) is 65.1 cm³/mol. The molecule has 0 amide bonds. The second-order valence-corrected chi connectivity index (χ2v) is 6.04. The van der Waals surface area contributed by atoms with Crippen LogP contribution in [0.1, 0.15) is 56.1 Å². The van der Waals surface area contributed by atoms with E-state index in [1.807, 2.05) is 11.8 Å². The lowest BCUT2D eigenvalue weighted by molar-refractivity contribution is 0.332. The highest BCUT2D eigenvalue weighted by molar-refractivity contribution is 7.99. The second-order valence-electron chi connectivity index (χ2n) is 4.73. The van der Waals surface area contributed by atoms with Gasteiger partial charge in [0.1, 0.15) is 0 Å². The van der Waals surface area contributed by atoms with Gasteiger partial charge in [0, 0.05) is 0 Å². The molecule has 16 heavy (non-hydrogen) atoms. The molecule has 0 spiro atoms. The van der Waals surface area contributed by atoms with Gasteiger partial charge < -0.3 is 10.3 Å². The molecule has 2 N–H and O–H groups in total. The molecule has 0 bridgehead atoms. The van der Waals surface area contributed by atoms with Crippen molar-refractivity contribution in [3.63, 3.8) is 0 Å². The van der Waals surface area contributed by atoms with E-state index < -0.39 is 0 Å². The van der Waals surface area contributed by atoms with Crippen LogP contribution in [-0.2, 0) is 0 Å². The van der Waals surface area contributed by atoms with Crippen molar-refractivity contribution in [2.75, 3.05) is 5.75 Å². The Balaban J connectivity index is 2.00. The number of hydrogen-bond donors (Lipinski definition) is 1. The Kier molecular flexibility index (Phi) is 3.86. The van der Waals surface area contributed by atoms with Gasteiger partial charge in [-0.1, -0.05) is 19.0 Å². The Morgan fingerprint density at radius 3 is 3.00 bits per heavy atom. The van der Waals surface area contributed by atoms with Gasteiger partial charge in [0.2, 0.25) is 5.89 Å². The first kappa shape index (κ1) is 11.9. The van der Waals surface area contributed by atoms with Gasteiger partial charge in [0.15, 0.2) is 5.82 Å². The molecular formula is C11H19N3OS. The average molecular weight is 241 g/mol. The summed E-state index contributed by atoms with van der Waals surface area (Å²) < 4.78 is 5.24. The Morgan fingerprint density at radius 1 is 1.56 bits per heavy atom. The molecule has 2 heterocycles. The normalized spacial score (nSPS) is 22.9. The molecular weight excluding hydrogens is 222 g/mol. The lowest BCUT2D eigenvalue weighted by Crippen LogP contribution is -2.13. The smallest absolute Gasteiger partial charge is 0.243 e. The summed E-state index contributed by atoms with van der Waals surface area (Å²) in [4.78, 5) is 4.42. The van der Waals surface area contributed by atoms with Crippen molar-refractivity contribution in [2.24, 2.45) is 11.7 Å². The van der Waals surface area contributed by atoms with E-state index in [9.17, 15) is 0 Å². The van der Waals surface area contributed by atoms with E-state index in [-0.39, 0.29) is 6.04 Å². The van der Waals surface area contributed by atoms with E-state index >= 15 is 0 Å². The highest BCUT2D eigenvalue weighted by Crippen LogP contribution is 2.38. The Bertz CT molecular complexity index is 334. The molecule has 1 fully saturated rings. The number of aromatic nitrogens is 2. The maximum Gasteiger partial charge on any atom is 0.243 e. The van der Waals surface area contributed by atoms with Gasteiger partial charge in [0.05, 0.1) is 11.3 Å². The Morgan fingerprint density at radius 2 is 2.38 bits per heavy atom. The minimum absolute atomic E-state index is 0.118. The lowest BCUT2D eigenvalue weighted by atomic mass is 10.0. The maximum absolute atomic E-state index is 6.00. The number of hydrogen-bond acceptors (Lipinski definition) is 5. The topological polar surface area (TPSA) is 64.9 Å². The van der Waals surface area contributed by atoms with Crippen LogP contribution in [0.5, 0.6) is 0 Å². The summed E-state index contributed by atoms with van der Waals surface area (Å²) in [5.74, 6) is 3.17. The molecule has 1 aliphatic rings. The summed E-state index contributed by atoms with van der Waals surface area (Å²) in [6, 6.07) is -0.118. The molecule has 0 radical (unpaired) electrons. The van der Waals surface area contributed by atoms with Crippen molar-refractivity contribution in [3.8, 4) is 0 Å². The van der Waals surface area contributed by atoms with Crippen molar-refractivity contribution < 1.29 is 4.52 Å². The molecule has 0 aliphatic carbocycles. The molecule has 2 atom stereocenters. The van der Waals surface area contributed by atoms with Crippen molar-refractivity contribution in [2.45, 2.75) is 44.4 Å². The summed E-state index contributed by atoms with van der Waals surface area (Å²) >= 11 is 1.91. The van der Waals surface area contributed by atoms with E-state index in [0.717, 1.165) is 18.7 Å². The van der Waals surface area contributed by atoms with E-state index in [1.165, 1.54) is 12.2 Å². The molecule has 1 aliphatic heterocycles. The van der Waals surface area contributed by atoms with E-state index in [1.54, 1.807) is 0 Å². The minimum atomic E-state index is -0.118. The summed E-state index contributed by atoms with van der Waals surface area (Å²) in [6.07, 6.45) is 3.29. The Labute approximate surface area is 100 Å². The zero-order valence-corrected chi connectivity index (χ0v) is 10.7. The van der Waals surface area contributed by atoms with Crippen LogP contribution in [0.15, 0.2) is 4.52 Å². The summed E-state index contributed by atoms with van der Waals surface area (Å²) in [6.45, 7) is 4.29. The first-order valence-electron chi connectivity index (χ1n) is 5.87. The van der Waals surface area contributed by atoms with Crippen LogP contribution in [0.3, 0.4) is 0 Å². The fraction of sp³-hybridized carbons (Fsp3) is 0.818. The van der Waals surface area contributed by atoms with Crippen LogP contribution >= 0.6 is 11.8 Å². The molecule has 4 nitrogen and oxygen atoms in total. The molecule has 0 aromatic carbocycles. The SMILES string of the molecule is CC(C)C[C@@H](N)c1nc(C2CCCS2)no1. The van der Waals surface area contributed by atoms with Crippen molar-refractivity contribution >= 4 is 11.8 Å². The zero-order valence-electron chi connectivity index (χ0n) is 9.85. The summed E-state index contributed by atoms with van der Waals surface area (Å²) in [5.41, 5.74) is 6.00. The molecule has 1 saturated heterocycles. The van der Waals surface area contributed by atoms with Gasteiger partial charge in [0.25, 0.3) is 0 Å². The van der Waals surface area contributed by atoms with Gasteiger partial charge in [-0.05, 0) is 30.9 Å². The van der Waals surface area contributed by atoms with Gasteiger partial charge in [-0.3, -0.25) is 0 Å². The number of rotatable bonds is 4. The third-order valence-corrected chi connectivity index (χ3v) is 4.09. The number of thioether (sulfide) groups is 1. The third kappa shape index (κ3) is 2.77. The Hall–Kier alpha value is -0.550. The minimum Gasteiger partial charge on any atom is -0.338 e. The van der Waals surface area contributed by atoms with E-state index in [0.29, 0.717) is 17.1 Å². The van der Waals surface area contributed by atoms with Gasteiger partial charge in [-0.2, -0.15) is 16.7 Å². The van der Waals surface area contributed by atoms with Crippen LogP contribution in [-0.4, -0.2) is 15.9 Å². The highest BCUT2D eigenvalue weighted by Gasteiger charge is 2.24. The predicted octanol–water partition coefficient (Wildman–Crippen LogP) is 2.68. The second kappa shape index (κ2) is 5.19. The van der Waals surface area contributed by atoms with Gasteiger partial charge in [-0.15, -0.1) is 0 Å². The zero-order chi connectivity index (χ0) is 11.5. The third-order valence-electron chi connectivity index (χ3n) is 2.72. The molecule has 1 unspecified atom stereocenters. The molecule has 0 saturated carbocycles. The number of nitrogens with zero attached hydrogens (tertiary/aromatic N) is 2. The molecule has 2 rings (SSSR count). The highest BCUT2D eigenvalue weighted by atomic mass is 32.2. The quantitative estimate of drug-likeness (QED) is 0.878. The fourth-order valence-corrected chi connectivity index (χ4v) is 3.11. The first-order chi connectivity index (χ1) is 7.66. The summed E-state index contributed by atoms with van der Waals surface area (Å²) in [7, 11) is 0. The van der Waals surface area contributed by atoms with Crippen LogP contribution < -0.4 is 5.73 Å². The summed E-state index contributed by atoms with van der Waals surface area (Å²) in [5, 5.41) is 4.46. The average Bonchev–Trinajstić information content (AvgIpc) is 2.87. The van der Waals surface area contributed by atoms with Crippen LogP contribution in [0.2, 0.25) is 0 Å². The molecule has 1 aromatic heterocycles. The molecule has 5 heteroatoms. The van der Waals surface area contributed by atoms with Crippen molar-refractivity contribution in [1.29, 1.82) is 0 Å². The van der Waals surface area contributed by atoms with E-state index in [2.05, 4.69) is 24.0 Å². The van der Waals surface area contributed by atoms with Crippen LogP contribution in [0, 0.1) is 5.92 Å². The van der Waals surface area contributed by atoms with Crippen molar-refractivity contribution in [3.05, 3.63) is 11.7 Å². The van der Waals surface area contributed by atoms with Crippen LogP contribution in [0.25, 0.3) is 0 Å². The number of nitrogens with two attached hydrogens (primary N) is 1. The largest absolute Gasteiger partial charge is 0.338 e. The standard InChI is InChI=1S/C11H19N3OS/c1-7(2)6-8(12)11-13-10(14-15-11)9-4-3-5-16-9/h7-9H,3-6,12H2,1-2H3/t8-,9?/m1/s1. The molecule has 1 aromatic rings. The first-order valence-corrected chi connectivity index (χ1v) is 6.92. The van der Waals surface area contributed by atoms with E-state index in [4.69, 9.17) is 10.3 Å².